The molecule has 0 bridgehead atoms. The van der Waals surface area contributed by atoms with E-state index >= 15 is 0 Å². The maximum absolute atomic E-state index is 9.97. The molecule has 0 rings (SSSR count). The molecular formula is C6H13NO2. The van der Waals surface area contributed by atoms with E-state index in [1.807, 2.05) is 14.1 Å². The predicted molar refractivity (Wildman–Crippen MR) is 35.2 cm³/mol. The fraction of sp³-hybridized carbons (Fsp3) is 0.833. The van der Waals surface area contributed by atoms with Crippen molar-refractivity contribution >= 4 is 6.29 Å². The molecule has 0 amide bonds. The molecule has 0 aromatic carbocycles. The Kier molecular flexibility index (Phi) is 3.42. The van der Waals surface area contributed by atoms with Crippen LogP contribution in [0.4, 0.5) is 0 Å². The van der Waals surface area contributed by atoms with Crippen molar-refractivity contribution in [2.24, 2.45) is 0 Å². The number of hydrogen-bond donors (Lipinski definition) is 1. The summed E-state index contributed by atoms with van der Waals surface area (Å²) in [7, 11) is 3.63. The molecule has 0 aliphatic rings. The zero-order valence-electron chi connectivity index (χ0n) is 6.03. The summed E-state index contributed by atoms with van der Waals surface area (Å²) in [4.78, 5) is 11.8. The van der Waals surface area contributed by atoms with Crippen LogP contribution in [-0.4, -0.2) is 42.5 Å². The van der Waals surface area contributed by atoms with Crippen molar-refractivity contribution in [2.75, 3.05) is 14.1 Å². The van der Waals surface area contributed by atoms with Crippen LogP contribution in [0.1, 0.15) is 6.92 Å². The Bertz CT molecular complexity index is 93.1. The van der Waals surface area contributed by atoms with Crippen LogP contribution in [-0.2, 0) is 4.79 Å². The Morgan fingerprint density at radius 3 is 2.11 bits per heavy atom. The van der Waals surface area contributed by atoms with Gasteiger partial charge in [-0.25, -0.2) is 0 Å². The minimum absolute atomic E-state index is 0.0949. The van der Waals surface area contributed by atoms with E-state index < -0.39 is 6.10 Å². The van der Waals surface area contributed by atoms with Crippen molar-refractivity contribution in [3.63, 3.8) is 0 Å². The van der Waals surface area contributed by atoms with Crippen molar-refractivity contribution in [1.82, 2.24) is 4.90 Å². The lowest BCUT2D eigenvalue weighted by Crippen LogP contribution is -2.37. The lowest BCUT2D eigenvalue weighted by Gasteiger charge is -2.20. The van der Waals surface area contributed by atoms with Crippen LogP contribution in [0.2, 0.25) is 0 Å². The molecule has 0 heterocycles. The second-order valence-corrected chi connectivity index (χ2v) is 2.33. The number of hydrogen-bond acceptors (Lipinski definition) is 3. The maximum atomic E-state index is 9.97. The van der Waals surface area contributed by atoms with E-state index in [4.69, 9.17) is 5.11 Å². The summed E-state index contributed by atoms with van der Waals surface area (Å²) in [5.74, 6) is 0. The molecule has 0 aliphatic heterocycles. The van der Waals surface area contributed by atoms with Crippen LogP contribution in [0.3, 0.4) is 0 Å². The molecular weight excluding hydrogens is 118 g/mol. The Morgan fingerprint density at radius 1 is 1.56 bits per heavy atom. The standard InChI is InChI=1S/C6H13NO2/c1-5(7(2)3)6(9)4-8/h4-6,9H,1-3H3. The first-order valence-corrected chi connectivity index (χ1v) is 2.89. The maximum Gasteiger partial charge on any atom is 0.150 e. The highest BCUT2D eigenvalue weighted by Gasteiger charge is 2.13. The molecule has 0 aromatic rings. The SMILES string of the molecule is CC(C(O)C=O)N(C)C. The molecule has 0 fully saturated rings. The lowest BCUT2D eigenvalue weighted by molar-refractivity contribution is -0.117. The topological polar surface area (TPSA) is 40.5 Å². The number of carbonyl (C=O) groups excluding carboxylic acids is 1. The molecule has 1 N–H and O–H groups in total. The highest BCUT2D eigenvalue weighted by molar-refractivity contribution is 5.56. The van der Waals surface area contributed by atoms with Gasteiger partial charge in [0.15, 0.2) is 0 Å². The van der Waals surface area contributed by atoms with Crippen LogP contribution >= 0.6 is 0 Å². The van der Waals surface area contributed by atoms with Gasteiger partial charge >= 0.3 is 0 Å². The number of nitrogens with zero attached hydrogens (tertiary/aromatic N) is 1. The van der Waals surface area contributed by atoms with Gasteiger partial charge in [-0.3, -0.25) is 0 Å². The molecule has 0 aliphatic carbocycles. The summed E-state index contributed by atoms with van der Waals surface area (Å²) in [6.07, 6.45) is -0.315. The Morgan fingerprint density at radius 2 is 2.00 bits per heavy atom. The van der Waals surface area contributed by atoms with Gasteiger partial charge in [-0.15, -0.1) is 0 Å². The summed E-state index contributed by atoms with van der Waals surface area (Å²) in [6.45, 7) is 1.79. The van der Waals surface area contributed by atoms with Gasteiger partial charge in [-0.2, -0.15) is 0 Å². The molecule has 0 spiro atoms. The third kappa shape index (κ3) is 2.58. The average molecular weight is 131 g/mol. The second kappa shape index (κ2) is 3.58. The Balaban J connectivity index is 3.71. The normalized spacial score (nSPS) is 17.4. The molecule has 0 radical (unpaired) electrons. The molecule has 3 heteroatoms. The number of aldehydes is 1. The molecule has 0 saturated carbocycles. The van der Waals surface area contributed by atoms with Crippen molar-refractivity contribution < 1.29 is 9.90 Å². The van der Waals surface area contributed by atoms with Crippen LogP contribution < -0.4 is 0 Å². The van der Waals surface area contributed by atoms with Gasteiger partial charge in [0, 0.05) is 6.04 Å². The van der Waals surface area contributed by atoms with E-state index in [0.29, 0.717) is 6.29 Å². The van der Waals surface area contributed by atoms with Crippen molar-refractivity contribution in [2.45, 2.75) is 19.1 Å². The van der Waals surface area contributed by atoms with Crippen LogP contribution in [0.15, 0.2) is 0 Å². The fourth-order valence-electron chi connectivity index (χ4n) is 0.419. The smallest absolute Gasteiger partial charge is 0.150 e. The average Bonchev–Trinajstić information content (AvgIpc) is 1.84. The van der Waals surface area contributed by atoms with E-state index in [9.17, 15) is 4.79 Å². The summed E-state index contributed by atoms with van der Waals surface area (Å²) in [6, 6.07) is -0.0949. The van der Waals surface area contributed by atoms with Crippen molar-refractivity contribution in [3.05, 3.63) is 0 Å². The summed E-state index contributed by atoms with van der Waals surface area (Å²) >= 11 is 0. The first kappa shape index (κ1) is 8.59. The number of aliphatic hydroxyl groups is 1. The van der Waals surface area contributed by atoms with Crippen LogP contribution in [0.25, 0.3) is 0 Å². The van der Waals surface area contributed by atoms with Gasteiger partial charge in [0.25, 0.3) is 0 Å². The number of likely N-dealkylation sites (N-methyl/N-ethyl adjacent to an activating group) is 1. The van der Waals surface area contributed by atoms with Crippen LogP contribution in [0, 0.1) is 0 Å². The number of carbonyl (C=O) groups is 1. The van der Waals surface area contributed by atoms with E-state index in [1.165, 1.54) is 0 Å². The quantitative estimate of drug-likeness (QED) is 0.525. The largest absolute Gasteiger partial charge is 0.384 e. The summed E-state index contributed by atoms with van der Waals surface area (Å²) in [5, 5.41) is 8.89. The zero-order valence-corrected chi connectivity index (χ0v) is 6.03. The minimum Gasteiger partial charge on any atom is -0.384 e. The van der Waals surface area contributed by atoms with Gasteiger partial charge in [0.05, 0.1) is 0 Å². The summed E-state index contributed by atoms with van der Waals surface area (Å²) < 4.78 is 0. The van der Waals surface area contributed by atoms with Gasteiger partial charge in [-0.05, 0) is 21.0 Å². The third-order valence-corrected chi connectivity index (χ3v) is 1.45. The first-order valence-electron chi connectivity index (χ1n) is 2.89. The number of aliphatic hydroxyl groups excluding tert-OH is 1. The molecule has 2 unspecified atom stereocenters. The predicted octanol–water partition coefficient (Wildman–Crippen LogP) is -0.504. The minimum atomic E-state index is -0.861. The van der Waals surface area contributed by atoms with E-state index in [-0.39, 0.29) is 6.04 Å². The van der Waals surface area contributed by atoms with Gasteiger partial charge in [-0.1, -0.05) is 0 Å². The first-order chi connectivity index (χ1) is 4.09. The lowest BCUT2D eigenvalue weighted by atomic mass is 10.2. The molecule has 54 valence electrons. The van der Waals surface area contributed by atoms with E-state index in [1.54, 1.807) is 11.8 Å². The van der Waals surface area contributed by atoms with Crippen molar-refractivity contribution in [3.8, 4) is 0 Å². The zero-order chi connectivity index (χ0) is 7.44. The molecule has 2 atom stereocenters. The molecule has 0 aromatic heterocycles. The Labute approximate surface area is 55.3 Å². The molecule has 0 saturated heterocycles. The van der Waals surface area contributed by atoms with Gasteiger partial charge in [0.1, 0.15) is 12.4 Å². The van der Waals surface area contributed by atoms with Gasteiger partial charge in [0.2, 0.25) is 0 Å². The fourth-order valence-corrected chi connectivity index (χ4v) is 0.419. The van der Waals surface area contributed by atoms with E-state index in [0.717, 1.165) is 0 Å². The van der Waals surface area contributed by atoms with Crippen molar-refractivity contribution in [1.29, 1.82) is 0 Å². The molecule has 9 heavy (non-hydrogen) atoms. The monoisotopic (exact) mass is 131 g/mol. The third-order valence-electron chi connectivity index (χ3n) is 1.45. The van der Waals surface area contributed by atoms with Gasteiger partial charge < -0.3 is 14.8 Å². The highest BCUT2D eigenvalue weighted by atomic mass is 16.3. The second-order valence-electron chi connectivity index (χ2n) is 2.33. The summed E-state index contributed by atoms with van der Waals surface area (Å²) in [5.41, 5.74) is 0. The highest BCUT2D eigenvalue weighted by Crippen LogP contribution is 1.95. The van der Waals surface area contributed by atoms with E-state index in [2.05, 4.69) is 0 Å². The van der Waals surface area contributed by atoms with Crippen LogP contribution in [0.5, 0.6) is 0 Å². The Hall–Kier alpha value is -0.410. The number of rotatable bonds is 3. The molecule has 3 nitrogen and oxygen atoms in total.